The van der Waals surface area contributed by atoms with Crippen LogP contribution in [-0.4, -0.2) is 4.57 Å². The summed E-state index contributed by atoms with van der Waals surface area (Å²) in [5.74, 6) is 0. The number of benzene rings is 6. The number of nitrogens with zero attached hydrogens (tertiary/aromatic N) is 2. The first kappa shape index (κ1) is 29.5. The van der Waals surface area contributed by atoms with E-state index in [-0.39, 0.29) is 6.04 Å². The predicted molar refractivity (Wildman–Crippen MR) is 210 cm³/mol. The molecular formula is C45H35N3S. The molecule has 3 heterocycles. The second-order valence-electron chi connectivity index (χ2n) is 12.8. The van der Waals surface area contributed by atoms with Crippen molar-refractivity contribution in [2.45, 2.75) is 19.5 Å². The molecule has 4 heteroatoms. The van der Waals surface area contributed by atoms with Crippen LogP contribution in [0, 0.1) is 0 Å². The van der Waals surface area contributed by atoms with Gasteiger partial charge < -0.3 is 14.8 Å². The van der Waals surface area contributed by atoms with Crippen molar-refractivity contribution >= 4 is 71.6 Å². The molecule has 9 rings (SSSR count). The van der Waals surface area contributed by atoms with Gasteiger partial charge in [-0.15, -0.1) is 11.3 Å². The predicted octanol–water partition coefficient (Wildman–Crippen LogP) is 10.2. The fourth-order valence-corrected chi connectivity index (χ4v) is 8.55. The van der Waals surface area contributed by atoms with Gasteiger partial charge >= 0.3 is 0 Å². The summed E-state index contributed by atoms with van der Waals surface area (Å²) in [6.07, 6.45) is 4.64. The summed E-state index contributed by atoms with van der Waals surface area (Å²) in [7, 11) is 0. The van der Waals surface area contributed by atoms with Gasteiger partial charge in [0.05, 0.1) is 16.6 Å². The largest absolute Gasteiger partial charge is 0.314 e. The first-order valence-electron chi connectivity index (χ1n) is 16.8. The zero-order chi connectivity index (χ0) is 32.9. The summed E-state index contributed by atoms with van der Waals surface area (Å²) in [5, 5.41) is 9.92. The smallest absolute Gasteiger partial charge is 0.0708 e. The van der Waals surface area contributed by atoms with Crippen molar-refractivity contribution < 1.29 is 0 Å². The van der Waals surface area contributed by atoms with Gasteiger partial charge in [-0.3, -0.25) is 0 Å². The van der Waals surface area contributed by atoms with Crippen LogP contribution in [0.4, 0.5) is 11.4 Å². The summed E-state index contributed by atoms with van der Waals surface area (Å²) in [4.78, 5) is 2.36. The molecule has 1 aliphatic rings. The monoisotopic (exact) mass is 649 g/mol. The number of anilines is 2. The molecule has 0 bridgehead atoms. The fourth-order valence-electron chi connectivity index (χ4n) is 7.29. The molecule has 2 aromatic heterocycles. The highest BCUT2D eigenvalue weighted by molar-refractivity contribution is 7.26. The van der Waals surface area contributed by atoms with Gasteiger partial charge in [0.25, 0.3) is 0 Å². The lowest BCUT2D eigenvalue weighted by Gasteiger charge is -2.26. The van der Waals surface area contributed by atoms with E-state index in [0.717, 1.165) is 40.1 Å². The quantitative estimate of drug-likeness (QED) is 0.193. The van der Waals surface area contributed by atoms with E-state index in [1.807, 2.05) is 11.3 Å². The van der Waals surface area contributed by atoms with Crippen molar-refractivity contribution in [1.82, 2.24) is 9.88 Å². The number of aromatic nitrogens is 1. The van der Waals surface area contributed by atoms with Crippen molar-refractivity contribution in [1.29, 1.82) is 0 Å². The number of nitrogens with one attached hydrogen (secondary N) is 1. The van der Waals surface area contributed by atoms with Crippen LogP contribution in [0.3, 0.4) is 0 Å². The third-order valence-electron chi connectivity index (χ3n) is 9.75. The highest BCUT2D eigenvalue weighted by Crippen LogP contribution is 2.39. The first-order valence-corrected chi connectivity index (χ1v) is 17.6. The number of fused-ring (bicyclic) bond motifs is 8. The second-order valence-corrected chi connectivity index (χ2v) is 13.8. The fraction of sp³-hybridized carbons (Fsp3) is 0.0667. The number of hydrogen-bond acceptors (Lipinski definition) is 3. The number of para-hydroxylation sites is 2. The second kappa shape index (κ2) is 12.1. The summed E-state index contributed by atoms with van der Waals surface area (Å²) < 4.78 is 5.04. The van der Waals surface area contributed by atoms with E-state index in [9.17, 15) is 0 Å². The minimum absolute atomic E-state index is 0.243. The van der Waals surface area contributed by atoms with Crippen LogP contribution < -0.4 is 20.8 Å². The maximum absolute atomic E-state index is 4.68. The van der Waals surface area contributed by atoms with Gasteiger partial charge in [0.2, 0.25) is 0 Å². The summed E-state index contributed by atoms with van der Waals surface area (Å²) in [6, 6.07) is 52.5. The van der Waals surface area contributed by atoms with Crippen LogP contribution >= 0.6 is 11.3 Å². The van der Waals surface area contributed by atoms with Crippen molar-refractivity contribution in [2.75, 3.05) is 4.90 Å². The molecule has 0 saturated carbocycles. The Morgan fingerprint density at radius 1 is 0.714 bits per heavy atom. The van der Waals surface area contributed by atoms with Crippen LogP contribution in [0.1, 0.15) is 29.7 Å². The molecule has 1 atom stereocenters. The molecule has 1 N–H and O–H groups in total. The number of allylic oxidation sites excluding steroid dienone is 1. The summed E-state index contributed by atoms with van der Waals surface area (Å²) in [5.41, 5.74) is 9.17. The highest BCUT2D eigenvalue weighted by atomic mass is 32.1. The van der Waals surface area contributed by atoms with E-state index < -0.39 is 0 Å². The Labute approximate surface area is 290 Å². The number of thiophene rings is 1. The van der Waals surface area contributed by atoms with Gasteiger partial charge in [-0.05, 0) is 72.2 Å². The molecular weight excluding hydrogens is 615 g/mol. The number of rotatable bonds is 6. The van der Waals surface area contributed by atoms with Crippen molar-refractivity contribution in [3.63, 3.8) is 0 Å². The van der Waals surface area contributed by atoms with Crippen LogP contribution in [0.25, 0.3) is 54.6 Å². The Hall–Kier alpha value is -5.68. The Morgan fingerprint density at radius 3 is 2.31 bits per heavy atom. The van der Waals surface area contributed by atoms with E-state index in [0.29, 0.717) is 0 Å². The van der Waals surface area contributed by atoms with Gasteiger partial charge in [-0.1, -0.05) is 110 Å². The summed E-state index contributed by atoms with van der Waals surface area (Å²) >= 11 is 1.88. The SMILES string of the molecule is C=C1/C=c2\c(n(-c3ccccc3)c3ccc4c5ccccc5sc4c23)=C/N(c2cccc(CNC(C)c3ccccc3)c2)c2ccccc21. The minimum atomic E-state index is 0.243. The lowest BCUT2D eigenvalue weighted by Crippen LogP contribution is -2.33. The Balaban J connectivity index is 1.29. The lowest BCUT2D eigenvalue weighted by molar-refractivity contribution is 0.575. The van der Waals surface area contributed by atoms with Gasteiger partial charge in [-0.2, -0.15) is 0 Å². The third kappa shape index (κ3) is 5.08. The molecule has 0 spiro atoms. The zero-order valence-electron chi connectivity index (χ0n) is 27.3. The topological polar surface area (TPSA) is 20.2 Å². The molecule has 0 aliphatic carbocycles. The molecule has 0 radical (unpaired) electrons. The Kier molecular flexibility index (Phi) is 7.27. The Morgan fingerprint density at radius 2 is 1.45 bits per heavy atom. The van der Waals surface area contributed by atoms with E-state index in [1.165, 1.54) is 47.4 Å². The molecule has 1 unspecified atom stereocenters. The van der Waals surface area contributed by atoms with Crippen LogP contribution in [0.2, 0.25) is 0 Å². The normalized spacial score (nSPS) is 14.8. The average Bonchev–Trinajstić information content (AvgIpc) is 3.68. The molecule has 1 aliphatic heterocycles. The zero-order valence-corrected chi connectivity index (χ0v) is 28.1. The van der Waals surface area contributed by atoms with E-state index in [2.05, 4.69) is 186 Å². The molecule has 236 valence electrons. The van der Waals surface area contributed by atoms with Crippen LogP contribution in [0.5, 0.6) is 0 Å². The number of hydrogen-bond donors (Lipinski definition) is 1. The van der Waals surface area contributed by atoms with E-state index in [4.69, 9.17) is 0 Å². The maximum Gasteiger partial charge on any atom is 0.0708 e. The Bertz CT molecular complexity index is 2650. The van der Waals surface area contributed by atoms with Crippen molar-refractivity contribution in [3.8, 4) is 5.69 Å². The highest BCUT2D eigenvalue weighted by Gasteiger charge is 2.21. The van der Waals surface area contributed by atoms with Crippen LogP contribution in [-0.2, 0) is 6.54 Å². The molecule has 6 aromatic carbocycles. The molecule has 0 amide bonds. The molecule has 49 heavy (non-hydrogen) atoms. The maximum atomic E-state index is 4.68. The van der Waals surface area contributed by atoms with Gasteiger partial charge in [0.15, 0.2) is 0 Å². The standard InChI is InChI=1S/C45H35N3S/c1-30-26-39-42(48(34-17-7-4-8-18-34)41-25-24-38-37-21-10-12-23-43(37)49-45(38)44(39)41)29-47(40-22-11-9-20-36(30)40)35-19-13-14-32(27-35)28-46-31(2)33-15-5-3-6-16-33/h3-27,29,31,46H,1,28H2,2H3/b39-26+,42-29+. The third-order valence-corrected chi connectivity index (χ3v) is 11.0. The van der Waals surface area contributed by atoms with Gasteiger partial charge in [0, 0.05) is 66.5 Å². The molecule has 3 nitrogen and oxygen atoms in total. The van der Waals surface area contributed by atoms with Crippen LogP contribution in [0.15, 0.2) is 152 Å². The van der Waals surface area contributed by atoms with Crippen molar-refractivity contribution in [3.05, 3.63) is 179 Å². The van der Waals surface area contributed by atoms with E-state index in [1.54, 1.807) is 0 Å². The van der Waals surface area contributed by atoms with Gasteiger partial charge in [-0.25, -0.2) is 0 Å². The molecule has 0 fully saturated rings. The first-order chi connectivity index (χ1) is 24.1. The lowest BCUT2D eigenvalue weighted by atomic mass is 10.0. The summed E-state index contributed by atoms with van der Waals surface area (Å²) in [6.45, 7) is 7.67. The van der Waals surface area contributed by atoms with Crippen molar-refractivity contribution in [2.24, 2.45) is 0 Å². The van der Waals surface area contributed by atoms with Gasteiger partial charge in [0.1, 0.15) is 0 Å². The minimum Gasteiger partial charge on any atom is -0.314 e. The van der Waals surface area contributed by atoms with E-state index >= 15 is 0 Å². The molecule has 8 aromatic rings. The average molecular weight is 650 g/mol. The molecule has 0 saturated heterocycles.